The molecular weight excluding hydrogens is 282 g/mol. The molecule has 7 nitrogen and oxygen atoms in total. The van der Waals surface area contributed by atoms with E-state index in [0.29, 0.717) is 6.54 Å². The van der Waals surface area contributed by atoms with Crippen LogP contribution in [0.15, 0.2) is 4.90 Å². The monoisotopic (exact) mass is 301 g/mol. The second-order valence-corrected chi connectivity index (χ2v) is 6.86. The average molecular weight is 301 g/mol. The van der Waals surface area contributed by atoms with Gasteiger partial charge in [-0.15, -0.1) is 0 Å². The van der Waals surface area contributed by atoms with Crippen molar-refractivity contribution < 1.29 is 18.3 Å². The van der Waals surface area contributed by atoms with Crippen LogP contribution in [0.3, 0.4) is 0 Å². The Morgan fingerprint density at radius 1 is 1.50 bits per heavy atom. The van der Waals surface area contributed by atoms with Gasteiger partial charge in [0, 0.05) is 12.6 Å². The van der Waals surface area contributed by atoms with Crippen LogP contribution in [0.1, 0.15) is 48.8 Å². The van der Waals surface area contributed by atoms with Crippen LogP contribution in [0.5, 0.6) is 0 Å². The summed E-state index contributed by atoms with van der Waals surface area (Å²) in [6, 6.07) is 0.00231. The molecule has 0 unspecified atom stereocenters. The van der Waals surface area contributed by atoms with Gasteiger partial charge >= 0.3 is 5.97 Å². The van der Waals surface area contributed by atoms with E-state index in [1.54, 1.807) is 0 Å². The molecule has 0 aliphatic heterocycles. The van der Waals surface area contributed by atoms with Crippen LogP contribution in [0, 0.1) is 6.92 Å². The summed E-state index contributed by atoms with van der Waals surface area (Å²) >= 11 is 0. The van der Waals surface area contributed by atoms with Gasteiger partial charge in [0.05, 0.1) is 5.69 Å². The predicted molar refractivity (Wildman–Crippen MR) is 72.1 cm³/mol. The summed E-state index contributed by atoms with van der Waals surface area (Å²) in [5.41, 5.74) is -0.158. The molecule has 2 rings (SSSR count). The third-order valence-corrected chi connectivity index (χ3v) is 5.46. The molecule has 0 saturated heterocycles. The standard InChI is InChI=1S/C12H19N3O4S/c1-3-4-7-15(9-5-6-9)20(18,19)11-8(2)13-14-10(11)12(16)17/h9H,3-7H2,1-2H3,(H,13,14)(H,16,17). The van der Waals surface area contributed by atoms with Crippen LogP contribution in [-0.4, -0.2) is 46.6 Å². The van der Waals surface area contributed by atoms with Crippen LogP contribution >= 0.6 is 0 Å². The fraction of sp³-hybridized carbons (Fsp3) is 0.667. The van der Waals surface area contributed by atoms with Crippen LogP contribution < -0.4 is 0 Å². The lowest BCUT2D eigenvalue weighted by Gasteiger charge is -2.21. The number of sulfonamides is 1. The zero-order chi connectivity index (χ0) is 14.9. The van der Waals surface area contributed by atoms with E-state index < -0.39 is 21.7 Å². The maximum Gasteiger partial charge on any atom is 0.357 e. The summed E-state index contributed by atoms with van der Waals surface area (Å²) in [5.74, 6) is -1.33. The smallest absolute Gasteiger partial charge is 0.357 e. The van der Waals surface area contributed by atoms with E-state index >= 15 is 0 Å². The molecule has 1 fully saturated rings. The van der Waals surface area contributed by atoms with Crippen molar-refractivity contribution in [1.29, 1.82) is 0 Å². The van der Waals surface area contributed by atoms with Gasteiger partial charge in [-0.05, 0) is 26.2 Å². The van der Waals surface area contributed by atoms with Crippen molar-refractivity contribution in [3.8, 4) is 0 Å². The van der Waals surface area contributed by atoms with E-state index in [-0.39, 0.29) is 16.6 Å². The van der Waals surface area contributed by atoms with Crippen LogP contribution in [0.4, 0.5) is 0 Å². The average Bonchev–Trinajstić information content (AvgIpc) is 3.10. The minimum atomic E-state index is -3.81. The third-order valence-electron chi connectivity index (χ3n) is 3.35. The summed E-state index contributed by atoms with van der Waals surface area (Å²) in [5, 5.41) is 15.1. The number of rotatable bonds is 7. The molecule has 0 amide bonds. The molecule has 112 valence electrons. The van der Waals surface area contributed by atoms with Crippen molar-refractivity contribution in [2.45, 2.75) is 50.5 Å². The molecule has 0 bridgehead atoms. The molecular formula is C12H19N3O4S. The summed E-state index contributed by atoms with van der Waals surface area (Å²) in [6.45, 7) is 3.94. The van der Waals surface area contributed by atoms with E-state index in [1.807, 2.05) is 6.92 Å². The van der Waals surface area contributed by atoms with E-state index in [1.165, 1.54) is 11.2 Å². The number of carboxylic acid groups (broad SMARTS) is 1. The Morgan fingerprint density at radius 2 is 2.15 bits per heavy atom. The van der Waals surface area contributed by atoms with E-state index in [9.17, 15) is 13.2 Å². The minimum Gasteiger partial charge on any atom is -0.476 e. The number of unbranched alkanes of at least 4 members (excludes halogenated alkanes) is 1. The summed E-state index contributed by atoms with van der Waals surface area (Å²) < 4.78 is 26.9. The molecule has 0 spiro atoms. The number of hydrogen-bond acceptors (Lipinski definition) is 4. The highest BCUT2D eigenvalue weighted by molar-refractivity contribution is 7.89. The largest absolute Gasteiger partial charge is 0.476 e. The molecule has 0 aromatic carbocycles. The lowest BCUT2D eigenvalue weighted by molar-refractivity contribution is 0.0686. The zero-order valence-electron chi connectivity index (χ0n) is 11.6. The molecule has 0 radical (unpaired) electrons. The van der Waals surface area contributed by atoms with E-state index in [4.69, 9.17) is 5.11 Å². The predicted octanol–water partition coefficient (Wildman–Crippen LogP) is 1.37. The van der Waals surface area contributed by atoms with Crippen molar-refractivity contribution in [2.75, 3.05) is 6.54 Å². The zero-order valence-corrected chi connectivity index (χ0v) is 12.4. The highest BCUT2D eigenvalue weighted by Gasteiger charge is 2.41. The molecule has 1 aromatic rings. The number of H-pyrrole nitrogens is 1. The second kappa shape index (κ2) is 5.53. The molecule has 1 aliphatic rings. The normalized spacial score (nSPS) is 15.8. The van der Waals surface area contributed by atoms with Crippen molar-refractivity contribution >= 4 is 16.0 Å². The molecule has 8 heteroatoms. The summed E-state index contributed by atoms with van der Waals surface area (Å²) in [6.07, 6.45) is 3.31. The first-order valence-corrected chi connectivity index (χ1v) is 8.13. The first-order valence-electron chi connectivity index (χ1n) is 6.69. The third kappa shape index (κ3) is 2.71. The number of nitrogens with zero attached hydrogens (tertiary/aromatic N) is 2. The molecule has 1 heterocycles. The number of aromatic nitrogens is 2. The Balaban J connectivity index is 2.42. The molecule has 1 saturated carbocycles. The van der Waals surface area contributed by atoms with Gasteiger partial charge in [-0.25, -0.2) is 13.2 Å². The van der Waals surface area contributed by atoms with Crippen molar-refractivity contribution in [3.05, 3.63) is 11.4 Å². The van der Waals surface area contributed by atoms with Gasteiger partial charge in [0.25, 0.3) is 0 Å². The highest BCUT2D eigenvalue weighted by atomic mass is 32.2. The molecule has 1 aliphatic carbocycles. The lowest BCUT2D eigenvalue weighted by Crippen LogP contribution is -2.35. The first kappa shape index (κ1) is 15.0. The van der Waals surface area contributed by atoms with Gasteiger partial charge in [0.2, 0.25) is 10.0 Å². The minimum absolute atomic E-state index is 0.00231. The van der Waals surface area contributed by atoms with E-state index in [2.05, 4.69) is 10.2 Å². The quantitative estimate of drug-likeness (QED) is 0.791. The Kier molecular flexibility index (Phi) is 4.14. The van der Waals surface area contributed by atoms with Gasteiger partial charge in [0.15, 0.2) is 5.69 Å². The maximum atomic E-state index is 12.7. The van der Waals surface area contributed by atoms with Gasteiger partial charge in [-0.2, -0.15) is 9.40 Å². The fourth-order valence-corrected chi connectivity index (χ4v) is 4.19. The van der Waals surface area contributed by atoms with Crippen LogP contribution in [-0.2, 0) is 10.0 Å². The number of hydrogen-bond donors (Lipinski definition) is 2. The molecule has 1 aromatic heterocycles. The van der Waals surface area contributed by atoms with Crippen molar-refractivity contribution in [3.63, 3.8) is 0 Å². The Hall–Kier alpha value is -1.41. The second-order valence-electron chi connectivity index (χ2n) is 5.03. The number of nitrogens with one attached hydrogen (secondary N) is 1. The van der Waals surface area contributed by atoms with Gasteiger partial charge < -0.3 is 5.11 Å². The highest BCUT2D eigenvalue weighted by Crippen LogP contribution is 2.33. The fourth-order valence-electron chi connectivity index (χ4n) is 2.17. The van der Waals surface area contributed by atoms with Crippen LogP contribution in [0.2, 0.25) is 0 Å². The topological polar surface area (TPSA) is 103 Å². The summed E-state index contributed by atoms with van der Waals surface area (Å²) in [7, 11) is -3.81. The Bertz CT molecular complexity index is 604. The Morgan fingerprint density at radius 3 is 2.65 bits per heavy atom. The lowest BCUT2D eigenvalue weighted by atomic mass is 10.3. The SMILES string of the molecule is CCCCN(C1CC1)S(=O)(=O)c1c(C(=O)O)n[nH]c1C. The molecule has 0 atom stereocenters. The number of aromatic amines is 1. The number of carbonyl (C=O) groups is 1. The number of aromatic carboxylic acids is 1. The number of aryl methyl sites for hydroxylation is 1. The first-order chi connectivity index (χ1) is 9.39. The summed E-state index contributed by atoms with van der Waals surface area (Å²) in [4.78, 5) is 10.9. The Labute approximate surface area is 118 Å². The molecule has 20 heavy (non-hydrogen) atoms. The van der Waals surface area contributed by atoms with E-state index in [0.717, 1.165) is 25.7 Å². The number of carboxylic acids is 1. The van der Waals surface area contributed by atoms with Crippen molar-refractivity contribution in [1.82, 2.24) is 14.5 Å². The van der Waals surface area contributed by atoms with Crippen LogP contribution in [0.25, 0.3) is 0 Å². The van der Waals surface area contributed by atoms with Gasteiger partial charge in [-0.1, -0.05) is 13.3 Å². The molecule has 2 N–H and O–H groups in total. The van der Waals surface area contributed by atoms with Gasteiger partial charge in [-0.3, -0.25) is 5.10 Å². The van der Waals surface area contributed by atoms with Gasteiger partial charge in [0.1, 0.15) is 4.90 Å². The van der Waals surface area contributed by atoms with Crippen molar-refractivity contribution in [2.24, 2.45) is 0 Å². The maximum absolute atomic E-state index is 12.7.